The Morgan fingerprint density at radius 1 is 0.967 bits per heavy atom. The fraction of sp³-hybridized carbons (Fsp3) is 0. The largest absolute Gasteiger partial charge is 0.612 e. The van der Waals surface area contributed by atoms with Crippen LogP contribution in [0.25, 0.3) is 0 Å². The number of nitrogens with one attached hydrogen (secondary N) is 3. The summed E-state index contributed by atoms with van der Waals surface area (Å²) in [6, 6.07) is 14.2. The van der Waals surface area contributed by atoms with Gasteiger partial charge in [0.15, 0.2) is 0 Å². The first kappa shape index (κ1) is 19.4. The summed E-state index contributed by atoms with van der Waals surface area (Å²) in [7, 11) is 0. The predicted molar refractivity (Wildman–Crippen MR) is 118 cm³/mol. The zero-order valence-corrected chi connectivity index (χ0v) is 16.3. The minimum absolute atomic E-state index is 0.00571. The molecule has 3 N–H and O–H groups in total. The van der Waals surface area contributed by atoms with Gasteiger partial charge in [0, 0.05) is 22.7 Å². The number of halogens is 1. The Labute approximate surface area is 177 Å². The Hall–Kier alpha value is -3.97. The molecule has 30 heavy (non-hydrogen) atoms. The third-order valence-corrected chi connectivity index (χ3v) is 4.70. The molecule has 1 aliphatic carbocycles. The number of anilines is 2. The van der Waals surface area contributed by atoms with Gasteiger partial charge in [0.1, 0.15) is 5.82 Å². The summed E-state index contributed by atoms with van der Waals surface area (Å²) in [4.78, 5) is 12.3. The topological polar surface area (TPSA) is 102 Å². The normalized spacial score (nSPS) is 15.8. The van der Waals surface area contributed by atoms with E-state index in [-0.39, 0.29) is 11.6 Å². The molecule has 0 aromatic heterocycles. The summed E-state index contributed by atoms with van der Waals surface area (Å²) in [6.07, 6.45) is 7.79. The van der Waals surface area contributed by atoms with Crippen molar-refractivity contribution < 1.29 is 9.70 Å². The third-order valence-electron chi connectivity index (χ3n) is 4.47. The van der Waals surface area contributed by atoms with Crippen molar-refractivity contribution in [3.05, 3.63) is 117 Å². The number of carbonyl (C=O) groups excluding carboxylic acids is 1. The Kier molecular flexibility index (Phi) is 5.28. The lowest BCUT2D eigenvalue weighted by Gasteiger charge is -2.13. The smallest absolute Gasteiger partial charge is 0.255 e. The SMILES string of the molecule is O=C(NC(C=C1C=CC(=[N+]([O-])[O-])C=C1)=C1Nc2ccc(Cl)cc2N1)c1ccccc1. The van der Waals surface area contributed by atoms with Crippen LogP contribution in [0.3, 0.4) is 0 Å². The molecule has 1 amide bonds. The summed E-state index contributed by atoms with van der Waals surface area (Å²) < 4.78 is 0. The van der Waals surface area contributed by atoms with Crippen molar-refractivity contribution in [3.63, 3.8) is 0 Å². The fourth-order valence-electron chi connectivity index (χ4n) is 2.98. The molecule has 0 radical (unpaired) electrons. The van der Waals surface area contributed by atoms with Crippen molar-refractivity contribution in [1.29, 1.82) is 0 Å². The standard InChI is InChI=1S/C22H16ClN4O3/c23-16-8-11-18-19(13-16)25-21(24-18)20(26-22(28)15-4-2-1-3-5-15)12-14-6-9-17(10-7-14)27(29)30/h1-13,24-25H,(H-,26,28,29,30)/q-1. The quantitative estimate of drug-likeness (QED) is 0.509. The first-order valence-corrected chi connectivity index (χ1v) is 9.41. The molecule has 0 spiro atoms. The Bertz CT molecular complexity index is 1140. The van der Waals surface area contributed by atoms with Crippen LogP contribution in [0.4, 0.5) is 11.4 Å². The Balaban J connectivity index is 1.69. The van der Waals surface area contributed by atoms with E-state index < -0.39 is 4.90 Å². The molecule has 2 aromatic carbocycles. The summed E-state index contributed by atoms with van der Waals surface area (Å²) in [5, 5.41) is 31.7. The van der Waals surface area contributed by atoms with Crippen LogP contribution in [-0.2, 0) is 0 Å². The summed E-state index contributed by atoms with van der Waals surface area (Å²) in [6.45, 7) is 0. The van der Waals surface area contributed by atoms with E-state index in [4.69, 9.17) is 11.6 Å². The van der Waals surface area contributed by atoms with Gasteiger partial charge in [-0.05, 0) is 54.1 Å². The van der Waals surface area contributed by atoms with E-state index in [0.717, 1.165) is 11.4 Å². The second-order valence-corrected chi connectivity index (χ2v) is 6.98. The summed E-state index contributed by atoms with van der Waals surface area (Å²) >= 11 is 6.07. The number of rotatable bonds is 3. The highest BCUT2D eigenvalue weighted by Crippen LogP contribution is 2.34. The van der Waals surface area contributed by atoms with Crippen LogP contribution in [-0.4, -0.2) is 16.5 Å². The highest BCUT2D eigenvalue weighted by molar-refractivity contribution is 6.31. The molecular weight excluding hydrogens is 404 g/mol. The van der Waals surface area contributed by atoms with Crippen LogP contribution in [0.2, 0.25) is 5.02 Å². The molecule has 0 atom stereocenters. The summed E-state index contributed by atoms with van der Waals surface area (Å²) in [5.74, 6) is 0.281. The van der Waals surface area contributed by atoms with E-state index in [1.165, 1.54) is 12.2 Å². The number of allylic oxidation sites excluding steroid dienone is 6. The molecule has 8 heteroatoms. The Morgan fingerprint density at radius 2 is 1.67 bits per heavy atom. The van der Waals surface area contributed by atoms with Gasteiger partial charge in [-0.3, -0.25) is 4.79 Å². The molecule has 1 heterocycles. The molecule has 0 saturated carbocycles. The van der Waals surface area contributed by atoms with Crippen LogP contribution in [0.15, 0.2) is 96.0 Å². The monoisotopic (exact) mass is 419 g/mol. The van der Waals surface area contributed by atoms with Crippen LogP contribution in [0.5, 0.6) is 0 Å². The molecule has 1 aliphatic heterocycles. The second-order valence-electron chi connectivity index (χ2n) is 6.54. The number of hydrogen-bond donors (Lipinski definition) is 3. The molecule has 2 aromatic rings. The maximum absolute atomic E-state index is 12.7. The molecule has 2 aliphatic rings. The van der Waals surface area contributed by atoms with E-state index in [0.29, 0.717) is 27.7 Å². The van der Waals surface area contributed by atoms with Crippen molar-refractivity contribution in [2.75, 3.05) is 10.6 Å². The van der Waals surface area contributed by atoms with Gasteiger partial charge >= 0.3 is 0 Å². The van der Waals surface area contributed by atoms with Crippen LogP contribution in [0, 0.1) is 10.4 Å². The molecule has 0 saturated heterocycles. The lowest BCUT2D eigenvalue weighted by atomic mass is 10.1. The van der Waals surface area contributed by atoms with Gasteiger partial charge in [-0.2, -0.15) is 4.90 Å². The Morgan fingerprint density at radius 3 is 2.37 bits per heavy atom. The lowest BCUT2D eigenvalue weighted by molar-refractivity contribution is -0.377. The van der Waals surface area contributed by atoms with Gasteiger partial charge in [-0.15, -0.1) is 0 Å². The van der Waals surface area contributed by atoms with E-state index in [1.807, 2.05) is 12.1 Å². The predicted octanol–water partition coefficient (Wildman–Crippen LogP) is 4.28. The fourth-order valence-corrected chi connectivity index (χ4v) is 3.15. The summed E-state index contributed by atoms with van der Waals surface area (Å²) in [5.41, 5.74) is 3.26. The van der Waals surface area contributed by atoms with Gasteiger partial charge in [0.25, 0.3) is 5.91 Å². The zero-order chi connectivity index (χ0) is 21.1. The van der Waals surface area contributed by atoms with Gasteiger partial charge in [-0.1, -0.05) is 29.8 Å². The average Bonchev–Trinajstić information content (AvgIpc) is 3.17. The number of hydrogen-bond acceptors (Lipinski definition) is 5. The molecule has 0 fully saturated rings. The number of amides is 1. The maximum atomic E-state index is 12.7. The van der Waals surface area contributed by atoms with Crippen LogP contribution < -0.4 is 16.0 Å². The molecule has 0 bridgehead atoms. The van der Waals surface area contributed by atoms with E-state index in [9.17, 15) is 15.2 Å². The minimum Gasteiger partial charge on any atom is -0.612 e. The molecule has 0 unspecified atom stereocenters. The molecular formula is C22H16ClN4O3-. The van der Waals surface area contributed by atoms with Crippen LogP contribution >= 0.6 is 11.6 Å². The van der Waals surface area contributed by atoms with Gasteiger partial charge in [0.05, 0.1) is 17.1 Å². The third kappa shape index (κ3) is 4.21. The van der Waals surface area contributed by atoms with Crippen molar-refractivity contribution in [1.82, 2.24) is 5.32 Å². The number of benzene rings is 2. The second kappa shape index (κ2) is 8.18. The van der Waals surface area contributed by atoms with Crippen molar-refractivity contribution >= 4 is 34.6 Å². The number of nitrogens with zero attached hydrogens (tertiary/aromatic N) is 1. The van der Waals surface area contributed by atoms with E-state index in [2.05, 4.69) is 16.0 Å². The van der Waals surface area contributed by atoms with E-state index >= 15 is 0 Å². The average molecular weight is 420 g/mol. The first-order chi connectivity index (χ1) is 14.5. The number of carbonyl (C=O) groups is 1. The van der Waals surface area contributed by atoms with Crippen molar-refractivity contribution in [3.8, 4) is 0 Å². The van der Waals surface area contributed by atoms with Gasteiger partial charge in [-0.25, -0.2) is 0 Å². The highest BCUT2D eigenvalue weighted by atomic mass is 35.5. The van der Waals surface area contributed by atoms with Gasteiger partial charge in [0.2, 0.25) is 5.71 Å². The van der Waals surface area contributed by atoms with Gasteiger partial charge < -0.3 is 26.4 Å². The molecule has 150 valence electrons. The molecule has 4 rings (SSSR count). The van der Waals surface area contributed by atoms with Crippen molar-refractivity contribution in [2.45, 2.75) is 0 Å². The maximum Gasteiger partial charge on any atom is 0.255 e. The highest BCUT2D eigenvalue weighted by Gasteiger charge is 2.19. The first-order valence-electron chi connectivity index (χ1n) is 9.03. The van der Waals surface area contributed by atoms with Crippen molar-refractivity contribution in [2.24, 2.45) is 0 Å². The van der Waals surface area contributed by atoms with E-state index in [1.54, 1.807) is 54.6 Å². The lowest BCUT2D eigenvalue weighted by Crippen LogP contribution is -2.25. The zero-order valence-electron chi connectivity index (χ0n) is 15.6. The minimum atomic E-state index is -0.458. The molecule has 7 nitrogen and oxygen atoms in total. The number of fused-ring (bicyclic) bond motifs is 1. The van der Waals surface area contributed by atoms with Crippen LogP contribution in [0.1, 0.15) is 10.4 Å².